The first-order valence-electron chi connectivity index (χ1n) is 8.13. The van der Waals surface area contributed by atoms with Crippen molar-refractivity contribution in [3.8, 4) is 0 Å². The van der Waals surface area contributed by atoms with Crippen LogP contribution in [0.1, 0.15) is 32.6 Å². The first kappa shape index (κ1) is 17.8. The van der Waals surface area contributed by atoms with E-state index in [2.05, 4.69) is 22.1 Å². The van der Waals surface area contributed by atoms with Crippen molar-refractivity contribution in [3.63, 3.8) is 0 Å². The number of aliphatic imine (C=N–C) groups is 1. The molecule has 3 fully saturated rings. The lowest BCUT2D eigenvalue weighted by Crippen LogP contribution is -2.43. The Hall–Kier alpha value is -0.530. The Balaban J connectivity index is 0.00000176. The number of nitrogens with zero attached hydrogens (tertiary/aromatic N) is 2. The van der Waals surface area contributed by atoms with Crippen LogP contribution in [0.4, 0.5) is 0 Å². The van der Waals surface area contributed by atoms with Crippen LogP contribution in [0.25, 0.3) is 0 Å². The highest BCUT2D eigenvalue weighted by Gasteiger charge is 2.53. The molecule has 0 aromatic heterocycles. The van der Waals surface area contributed by atoms with Gasteiger partial charge in [0.15, 0.2) is 5.96 Å². The second kappa shape index (κ2) is 6.93. The molecule has 2 aliphatic carbocycles. The third-order valence-electron chi connectivity index (χ3n) is 5.56. The van der Waals surface area contributed by atoms with Gasteiger partial charge in [0.05, 0.1) is 13.0 Å². The maximum absolute atomic E-state index is 11.8. The van der Waals surface area contributed by atoms with Gasteiger partial charge in [-0.2, -0.15) is 0 Å². The average Bonchev–Trinajstić information content (AvgIpc) is 3.37. The molecule has 6 heteroatoms. The molecule has 0 aromatic rings. The number of nitrogens with one attached hydrogen (secondary N) is 1. The van der Waals surface area contributed by atoms with Crippen LogP contribution >= 0.6 is 24.0 Å². The van der Waals surface area contributed by atoms with E-state index in [0.29, 0.717) is 17.9 Å². The zero-order chi connectivity index (χ0) is 15.0. The van der Waals surface area contributed by atoms with Gasteiger partial charge < -0.3 is 15.0 Å². The SMILES string of the molecule is CN=C(NCC1(C2CC2)CC1)N1CC(C)C(C(=O)OC)C1.I. The Morgan fingerprint density at radius 3 is 2.55 bits per heavy atom. The first-order chi connectivity index (χ1) is 10.1. The zero-order valence-electron chi connectivity index (χ0n) is 13.8. The van der Waals surface area contributed by atoms with Crippen molar-refractivity contribution in [2.45, 2.75) is 32.6 Å². The summed E-state index contributed by atoms with van der Waals surface area (Å²) in [5.74, 6) is 2.07. The van der Waals surface area contributed by atoms with Gasteiger partial charge in [-0.25, -0.2) is 0 Å². The summed E-state index contributed by atoms with van der Waals surface area (Å²) < 4.78 is 4.90. The molecule has 1 heterocycles. The highest BCUT2D eigenvalue weighted by molar-refractivity contribution is 14.0. The van der Waals surface area contributed by atoms with Gasteiger partial charge in [0, 0.05) is 26.7 Å². The van der Waals surface area contributed by atoms with E-state index < -0.39 is 0 Å². The van der Waals surface area contributed by atoms with E-state index in [9.17, 15) is 4.79 Å². The van der Waals surface area contributed by atoms with E-state index in [1.165, 1.54) is 32.8 Å². The third-order valence-corrected chi connectivity index (χ3v) is 5.56. The molecule has 3 rings (SSSR count). The molecule has 5 nitrogen and oxygen atoms in total. The monoisotopic (exact) mass is 421 g/mol. The van der Waals surface area contributed by atoms with Crippen molar-refractivity contribution in [2.75, 3.05) is 33.8 Å². The Labute approximate surface area is 150 Å². The molecule has 0 aromatic carbocycles. The van der Waals surface area contributed by atoms with Crippen molar-refractivity contribution in [3.05, 3.63) is 0 Å². The third kappa shape index (κ3) is 3.51. The Morgan fingerprint density at radius 2 is 2.05 bits per heavy atom. The molecule has 2 atom stereocenters. The quantitative estimate of drug-likeness (QED) is 0.327. The lowest BCUT2D eigenvalue weighted by molar-refractivity contribution is -0.145. The van der Waals surface area contributed by atoms with Crippen molar-refractivity contribution in [2.24, 2.45) is 28.2 Å². The van der Waals surface area contributed by atoms with Gasteiger partial charge in [0.1, 0.15) is 0 Å². The first-order valence-corrected chi connectivity index (χ1v) is 8.13. The molecule has 3 aliphatic rings. The molecule has 2 unspecified atom stereocenters. The predicted molar refractivity (Wildman–Crippen MR) is 97.4 cm³/mol. The molecule has 1 aliphatic heterocycles. The van der Waals surface area contributed by atoms with Crippen LogP contribution in [0.2, 0.25) is 0 Å². The minimum absolute atomic E-state index is 0. The summed E-state index contributed by atoms with van der Waals surface area (Å²) in [6.45, 7) is 4.74. The largest absolute Gasteiger partial charge is 0.469 e. The molecule has 2 saturated carbocycles. The summed E-state index contributed by atoms with van der Waals surface area (Å²) in [6, 6.07) is 0. The maximum atomic E-state index is 11.8. The summed E-state index contributed by atoms with van der Waals surface area (Å²) in [5.41, 5.74) is 0.559. The number of halogens is 1. The number of methoxy groups -OCH3 is 1. The molecule has 1 N–H and O–H groups in total. The Kier molecular flexibility index (Phi) is 5.61. The molecular weight excluding hydrogens is 393 g/mol. The number of carbonyl (C=O) groups excluding carboxylic acids is 1. The van der Waals surface area contributed by atoms with Crippen LogP contribution in [0, 0.1) is 23.2 Å². The van der Waals surface area contributed by atoms with Crippen molar-refractivity contribution in [1.29, 1.82) is 0 Å². The van der Waals surface area contributed by atoms with Crippen LogP contribution in [0.3, 0.4) is 0 Å². The van der Waals surface area contributed by atoms with Crippen LogP contribution < -0.4 is 5.32 Å². The number of esters is 1. The predicted octanol–water partition coefficient (Wildman–Crippen LogP) is 2.11. The summed E-state index contributed by atoms with van der Waals surface area (Å²) in [7, 11) is 3.30. The van der Waals surface area contributed by atoms with Crippen LogP contribution in [-0.4, -0.2) is 50.6 Å². The van der Waals surface area contributed by atoms with Crippen molar-refractivity contribution in [1.82, 2.24) is 10.2 Å². The van der Waals surface area contributed by atoms with Crippen LogP contribution in [-0.2, 0) is 9.53 Å². The van der Waals surface area contributed by atoms with Gasteiger partial charge in [-0.3, -0.25) is 9.79 Å². The highest BCUT2D eigenvalue weighted by Crippen LogP contribution is 2.60. The summed E-state index contributed by atoms with van der Waals surface area (Å²) in [6.07, 6.45) is 5.54. The molecule has 0 amide bonds. The molecule has 0 radical (unpaired) electrons. The van der Waals surface area contributed by atoms with E-state index in [0.717, 1.165) is 25.0 Å². The second-order valence-corrected chi connectivity index (χ2v) is 7.05. The van der Waals surface area contributed by atoms with Crippen molar-refractivity contribution < 1.29 is 9.53 Å². The summed E-state index contributed by atoms with van der Waals surface area (Å²) >= 11 is 0. The molecule has 0 bridgehead atoms. The highest BCUT2D eigenvalue weighted by atomic mass is 127. The minimum Gasteiger partial charge on any atom is -0.469 e. The molecule has 1 saturated heterocycles. The van der Waals surface area contributed by atoms with E-state index in [1.54, 1.807) is 0 Å². The Bertz CT molecular complexity index is 447. The van der Waals surface area contributed by atoms with E-state index in [-0.39, 0.29) is 35.9 Å². The summed E-state index contributed by atoms with van der Waals surface area (Å²) in [5, 5.41) is 3.56. The average molecular weight is 421 g/mol. The van der Waals surface area contributed by atoms with Crippen LogP contribution in [0.15, 0.2) is 4.99 Å². The Morgan fingerprint density at radius 1 is 1.36 bits per heavy atom. The van der Waals surface area contributed by atoms with Gasteiger partial charge >= 0.3 is 5.97 Å². The lowest BCUT2D eigenvalue weighted by atomic mass is 9.99. The second-order valence-electron chi connectivity index (χ2n) is 7.05. The van der Waals surface area contributed by atoms with Gasteiger partial charge in [-0.15, -0.1) is 24.0 Å². The number of likely N-dealkylation sites (tertiary alicyclic amines) is 1. The van der Waals surface area contributed by atoms with Crippen molar-refractivity contribution >= 4 is 35.9 Å². The van der Waals surface area contributed by atoms with Crippen LogP contribution in [0.5, 0.6) is 0 Å². The number of guanidine groups is 1. The zero-order valence-corrected chi connectivity index (χ0v) is 16.1. The fourth-order valence-electron chi connectivity index (χ4n) is 3.77. The van der Waals surface area contributed by atoms with Gasteiger partial charge in [0.2, 0.25) is 0 Å². The van der Waals surface area contributed by atoms with E-state index >= 15 is 0 Å². The van der Waals surface area contributed by atoms with E-state index in [1.807, 2.05) is 7.05 Å². The van der Waals surface area contributed by atoms with Gasteiger partial charge in [0.25, 0.3) is 0 Å². The molecule has 126 valence electrons. The molecular formula is C16H28IN3O2. The van der Waals surface area contributed by atoms with E-state index in [4.69, 9.17) is 4.74 Å². The topological polar surface area (TPSA) is 53.9 Å². The molecule has 22 heavy (non-hydrogen) atoms. The fraction of sp³-hybridized carbons (Fsp3) is 0.875. The normalized spacial score (nSPS) is 29.8. The number of ether oxygens (including phenoxy) is 1. The number of hydrogen-bond acceptors (Lipinski definition) is 3. The lowest BCUT2D eigenvalue weighted by Gasteiger charge is -2.24. The summed E-state index contributed by atoms with van der Waals surface area (Å²) in [4.78, 5) is 18.4. The molecule has 0 spiro atoms. The minimum atomic E-state index is -0.0999. The maximum Gasteiger partial charge on any atom is 0.310 e. The van der Waals surface area contributed by atoms with Gasteiger partial charge in [-0.1, -0.05) is 6.92 Å². The number of rotatable bonds is 4. The fourth-order valence-corrected chi connectivity index (χ4v) is 3.77. The number of hydrogen-bond donors (Lipinski definition) is 1. The smallest absolute Gasteiger partial charge is 0.310 e. The number of carbonyl (C=O) groups is 1. The standard InChI is InChI=1S/C16H27N3O2.HI/c1-11-8-19(9-13(11)14(20)21-3)15(17-2)18-10-16(6-7-16)12-4-5-12;/h11-13H,4-10H2,1-3H3,(H,17,18);1H. The van der Waals surface area contributed by atoms with Gasteiger partial charge in [-0.05, 0) is 42.9 Å².